The highest BCUT2D eigenvalue weighted by Gasteiger charge is 2.16. The Kier molecular flexibility index (Phi) is 5.26. The van der Waals surface area contributed by atoms with E-state index in [4.69, 9.17) is 5.84 Å². The Morgan fingerprint density at radius 1 is 1.15 bits per heavy atom. The number of nitrogens with one attached hydrogen (secondary N) is 1. The molecule has 3 N–H and O–H groups in total. The summed E-state index contributed by atoms with van der Waals surface area (Å²) in [6.07, 6.45) is 0.439. The zero-order valence-corrected chi connectivity index (χ0v) is 13.5. The number of benzene rings is 2. The minimum Gasteiger partial charge on any atom is -0.271 e. The minimum absolute atomic E-state index is 0.325. The fourth-order valence-corrected chi connectivity index (χ4v) is 3.07. The van der Waals surface area contributed by atoms with E-state index in [-0.39, 0.29) is 17.7 Å². The van der Waals surface area contributed by atoms with Crippen molar-refractivity contribution in [2.75, 3.05) is 0 Å². The maximum Gasteiger partial charge on any atom is 0.137 e. The summed E-state index contributed by atoms with van der Waals surface area (Å²) in [5, 5.41) is 0. The molecule has 0 amide bonds. The van der Waals surface area contributed by atoms with E-state index < -0.39 is 0 Å². The van der Waals surface area contributed by atoms with Crippen molar-refractivity contribution >= 4 is 31.9 Å². The lowest BCUT2D eigenvalue weighted by molar-refractivity contribution is 0.537. The molecule has 0 bridgehead atoms. The van der Waals surface area contributed by atoms with Crippen LogP contribution < -0.4 is 11.3 Å². The maximum absolute atomic E-state index is 13.6. The van der Waals surface area contributed by atoms with E-state index in [1.54, 1.807) is 18.2 Å². The second kappa shape index (κ2) is 6.76. The van der Waals surface area contributed by atoms with Crippen molar-refractivity contribution in [3.8, 4) is 0 Å². The summed E-state index contributed by atoms with van der Waals surface area (Å²) in [5.74, 6) is 4.86. The third kappa shape index (κ3) is 3.63. The summed E-state index contributed by atoms with van der Waals surface area (Å²) in [6, 6.07) is 9.04. The quantitative estimate of drug-likeness (QED) is 0.589. The van der Waals surface area contributed by atoms with E-state index in [0.717, 1.165) is 5.56 Å². The predicted octanol–water partition coefficient (Wildman–Crippen LogP) is 4.24. The monoisotopic (exact) mass is 404 g/mol. The number of nitrogens with two attached hydrogens (primary N) is 1. The Bertz CT molecular complexity index is 600. The van der Waals surface area contributed by atoms with Gasteiger partial charge in [-0.3, -0.25) is 11.3 Å². The first-order chi connectivity index (χ1) is 9.51. The van der Waals surface area contributed by atoms with Gasteiger partial charge in [-0.05, 0) is 57.7 Å². The molecule has 0 spiro atoms. The van der Waals surface area contributed by atoms with Gasteiger partial charge >= 0.3 is 0 Å². The molecular formula is C14H12Br2F2N2. The summed E-state index contributed by atoms with van der Waals surface area (Å²) < 4.78 is 28.0. The first-order valence-corrected chi connectivity index (χ1v) is 7.45. The van der Waals surface area contributed by atoms with Gasteiger partial charge in [0.05, 0.1) is 10.5 Å². The van der Waals surface area contributed by atoms with Crippen LogP contribution in [-0.4, -0.2) is 0 Å². The molecule has 106 valence electrons. The van der Waals surface area contributed by atoms with Crippen LogP contribution in [0.1, 0.15) is 17.2 Å². The number of hydrogen-bond donors (Lipinski definition) is 2. The zero-order valence-electron chi connectivity index (χ0n) is 10.3. The normalized spacial score (nSPS) is 12.4. The van der Waals surface area contributed by atoms with Gasteiger partial charge in [0.1, 0.15) is 11.6 Å². The SMILES string of the molecule is NNC(Cc1cc(F)cc(Br)c1)c1cccc(F)c1Br. The van der Waals surface area contributed by atoms with Gasteiger partial charge in [-0.25, -0.2) is 8.78 Å². The Hall–Kier alpha value is -0.820. The van der Waals surface area contributed by atoms with Crippen LogP contribution >= 0.6 is 31.9 Å². The molecule has 2 aromatic carbocycles. The van der Waals surface area contributed by atoms with Gasteiger partial charge in [0.2, 0.25) is 0 Å². The molecule has 20 heavy (non-hydrogen) atoms. The first-order valence-electron chi connectivity index (χ1n) is 5.86. The maximum atomic E-state index is 13.6. The van der Waals surface area contributed by atoms with Crippen molar-refractivity contribution in [3.05, 3.63) is 68.1 Å². The molecule has 0 aliphatic carbocycles. The molecule has 1 unspecified atom stereocenters. The highest BCUT2D eigenvalue weighted by molar-refractivity contribution is 9.10. The molecule has 2 aromatic rings. The third-order valence-electron chi connectivity index (χ3n) is 2.92. The Morgan fingerprint density at radius 2 is 1.90 bits per heavy atom. The van der Waals surface area contributed by atoms with Crippen LogP contribution in [0.4, 0.5) is 8.78 Å². The lowest BCUT2D eigenvalue weighted by Crippen LogP contribution is -2.30. The molecule has 0 heterocycles. The smallest absolute Gasteiger partial charge is 0.137 e. The Labute approximate surface area is 132 Å². The molecule has 2 nitrogen and oxygen atoms in total. The van der Waals surface area contributed by atoms with Crippen LogP contribution in [0.2, 0.25) is 0 Å². The van der Waals surface area contributed by atoms with Crippen molar-refractivity contribution in [1.82, 2.24) is 5.43 Å². The van der Waals surface area contributed by atoms with Gasteiger partial charge in [0.15, 0.2) is 0 Å². The van der Waals surface area contributed by atoms with Crippen molar-refractivity contribution < 1.29 is 8.78 Å². The fraction of sp³-hybridized carbons (Fsp3) is 0.143. The first kappa shape index (κ1) is 15.6. The molecule has 0 aliphatic rings. The fourth-order valence-electron chi connectivity index (χ4n) is 2.01. The van der Waals surface area contributed by atoms with Crippen molar-refractivity contribution in [3.63, 3.8) is 0 Å². The number of hydrogen-bond acceptors (Lipinski definition) is 2. The van der Waals surface area contributed by atoms with Gasteiger partial charge in [-0.15, -0.1) is 0 Å². The van der Waals surface area contributed by atoms with E-state index in [9.17, 15) is 8.78 Å². The second-order valence-corrected chi connectivity index (χ2v) is 6.05. The topological polar surface area (TPSA) is 38.0 Å². The number of halogens is 4. The molecule has 6 heteroatoms. The van der Waals surface area contributed by atoms with Crippen LogP contribution in [0.25, 0.3) is 0 Å². The minimum atomic E-state index is -0.358. The highest BCUT2D eigenvalue weighted by Crippen LogP contribution is 2.28. The van der Waals surface area contributed by atoms with Gasteiger partial charge in [-0.1, -0.05) is 28.1 Å². The second-order valence-electron chi connectivity index (χ2n) is 4.34. The summed E-state index contributed by atoms with van der Waals surface area (Å²) >= 11 is 6.46. The molecule has 0 saturated heterocycles. The van der Waals surface area contributed by atoms with Crippen molar-refractivity contribution in [2.24, 2.45) is 5.84 Å². The average molecular weight is 406 g/mol. The van der Waals surface area contributed by atoms with E-state index in [1.807, 2.05) is 0 Å². The number of hydrazine groups is 1. The van der Waals surface area contributed by atoms with Gasteiger partial charge in [0.25, 0.3) is 0 Å². The summed E-state index contributed by atoms with van der Waals surface area (Å²) in [5.41, 5.74) is 4.09. The molecule has 0 aromatic heterocycles. The molecule has 0 radical (unpaired) electrons. The highest BCUT2D eigenvalue weighted by atomic mass is 79.9. The van der Waals surface area contributed by atoms with Crippen molar-refractivity contribution in [2.45, 2.75) is 12.5 Å². The van der Waals surface area contributed by atoms with Gasteiger partial charge in [-0.2, -0.15) is 0 Å². The largest absolute Gasteiger partial charge is 0.271 e. The van der Waals surface area contributed by atoms with E-state index in [0.29, 0.717) is 20.9 Å². The van der Waals surface area contributed by atoms with Gasteiger partial charge < -0.3 is 0 Å². The summed E-state index contributed by atoms with van der Waals surface area (Å²) in [7, 11) is 0. The standard InChI is InChI=1S/C14H12Br2F2N2/c15-9-4-8(5-10(17)7-9)6-13(20-19)11-2-1-3-12(18)14(11)16/h1-5,7,13,20H,6,19H2. The van der Waals surface area contributed by atoms with Crippen molar-refractivity contribution in [1.29, 1.82) is 0 Å². The predicted molar refractivity (Wildman–Crippen MR) is 82.0 cm³/mol. The lowest BCUT2D eigenvalue weighted by atomic mass is 9.99. The van der Waals surface area contributed by atoms with Crippen LogP contribution in [0.3, 0.4) is 0 Å². The van der Waals surface area contributed by atoms with Crippen LogP contribution in [0.15, 0.2) is 45.3 Å². The van der Waals surface area contributed by atoms with Crippen LogP contribution in [0.5, 0.6) is 0 Å². The summed E-state index contributed by atoms with van der Waals surface area (Å²) in [4.78, 5) is 0. The molecule has 0 fully saturated rings. The molecule has 0 aliphatic heterocycles. The third-order valence-corrected chi connectivity index (χ3v) is 4.21. The number of rotatable bonds is 4. The van der Waals surface area contributed by atoms with Crippen LogP contribution in [0, 0.1) is 11.6 Å². The molecular weight excluding hydrogens is 394 g/mol. The lowest BCUT2D eigenvalue weighted by Gasteiger charge is -2.18. The Balaban J connectivity index is 2.31. The molecule has 0 saturated carbocycles. The van der Waals surface area contributed by atoms with Gasteiger partial charge in [0, 0.05) is 4.47 Å². The average Bonchev–Trinajstić information content (AvgIpc) is 2.38. The summed E-state index contributed by atoms with van der Waals surface area (Å²) in [6.45, 7) is 0. The van der Waals surface area contributed by atoms with E-state index in [1.165, 1.54) is 18.2 Å². The Morgan fingerprint density at radius 3 is 2.55 bits per heavy atom. The zero-order chi connectivity index (χ0) is 14.7. The van der Waals surface area contributed by atoms with Crippen LogP contribution in [-0.2, 0) is 6.42 Å². The molecule has 1 atom stereocenters. The van der Waals surface area contributed by atoms with E-state index >= 15 is 0 Å². The van der Waals surface area contributed by atoms with E-state index in [2.05, 4.69) is 37.3 Å². The molecule has 2 rings (SSSR count).